The molecule has 0 amide bonds. The predicted molar refractivity (Wildman–Crippen MR) is 35.1 cm³/mol. The van der Waals surface area contributed by atoms with Crippen LogP contribution in [0.1, 0.15) is 5.37 Å². The molecular formula is C4H7N3OS. The molecule has 0 aliphatic heterocycles. The topological polar surface area (TPSA) is 50.9 Å². The molecule has 0 aromatic carbocycles. The molecule has 1 unspecified atom stereocenters. The van der Waals surface area contributed by atoms with Gasteiger partial charge >= 0.3 is 0 Å². The molecule has 0 spiro atoms. The number of thiol groups is 1. The van der Waals surface area contributed by atoms with E-state index >= 15 is 0 Å². The predicted octanol–water partition coefficient (Wildman–Crippen LogP) is -0.301. The van der Waals surface area contributed by atoms with E-state index in [1.165, 1.54) is 4.68 Å². The van der Waals surface area contributed by atoms with Gasteiger partial charge in [-0.1, -0.05) is 5.21 Å². The minimum Gasteiger partial charge on any atom is -0.393 e. The molecule has 0 aliphatic carbocycles. The summed E-state index contributed by atoms with van der Waals surface area (Å²) in [4.78, 5) is 0. The van der Waals surface area contributed by atoms with Crippen LogP contribution >= 0.6 is 12.6 Å². The van der Waals surface area contributed by atoms with E-state index in [1.807, 2.05) is 0 Å². The van der Waals surface area contributed by atoms with Crippen molar-refractivity contribution in [2.75, 3.05) is 6.61 Å². The first-order valence-electron chi connectivity index (χ1n) is 2.49. The number of hydrogen-bond donors (Lipinski definition) is 2. The van der Waals surface area contributed by atoms with Gasteiger partial charge in [-0.15, -0.1) is 5.10 Å². The van der Waals surface area contributed by atoms with Gasteiger partial charge < -0.3 is 5.11 Å². The van der Waals surface area contributed by atoms with Crippen molar-refractivity contribution in [2.45, 2.75) is 5.37 Å². The highest BCUT2D eigenvalue weighted by Gasteiger charge is 2.01. The summed E-state index contributed by atoms with van der Waals surface area (Å²) in [6.07, 6.45) is 3.19. The summed E-state index contributed by atoms with van der Waals surface area (Å²) in [5.74, 6) is 0. The maximum Gasteiger partial charge on any atom is 0.119 e. The van der Waals surface area contributed by atoms with Gasteiger partial charge in [-0.2, -0.15) is 12.6 Å². The highest BCUT2D eigenvalue weighted by molar-refractivity contribution is 7.80. The number of aromatic nitrogens is 3. The molecular weight excluding hydrogens is 138 g/mol. The number of rotatable bonds is 2. The van der Waals surface area contributed by atoms with Gasteiger partial charge in [-0.25, -0.2) is 4.68 Å². The summed E-state index contributed by atoms with van der Waals surface area (Å²) in [7, 11) is 0. The first-order chi connectivity index (χ1) is 4.34. The summed E-state index contributed by atoms with van der Waals surface area (Å²) in [5.41, 5.74) is 0. The Hall–Kier alpha value is -0.550. The average molecular weight is 145 g/mol. The zero-order valence-corrected chi connectivity index (χ0v) is 5.57. The molecule has 1 heterocycles. The molecule has 1 aromatic heterocycles. The fourth-order valence-corrected chi connectivity index (χ4v) is 0.583. The van der Waals surface area contributed by atoms with Crippen LogP contribution in [0.15, 0.2) is 12.4 Å². The Labute approximate surface area is 57.9 Å². The Morgan fingerprint density at radius 3 is 3.00 bits per heavy atom. The first kappa shape index (κ1) is 6.57. The minimum atomic E-state index is -0.271. The molecule has 0 fully saturated rings. The molecule has 9 heavy (non-hydrogen) atoms. The van der Waals surface area contributed by atoms with Gasteiger partial charge in [0.25, 0.3) is 0 Å². The minimum absolute atomic E-state index is 0.0352. The SMILES string of the molecule is OCC(S)n1ccnn1. The van der Waals surface area contributed by atoms with Gasteiger partial charge in [0.2, 0.25) is 0 Å². The maximum absolute atomic E-state index is 8.54. The van der Waals surface area contributed by atoms with Crippen molar-refractivity contribution >= 4 is 12.6 Å². The van der Waals surface area contributed by atoms with Crippen molar-refractivity contribution < 1.29 is 5.11 Å². The highest BCUT2D eigenvalue weighted by atomic mass is 32.1. The Morgan fingerprint density at radius 2 is 2.56 bits per heavy atom. The lowest BCUT2D eigenvalue weighted by Gasteiger charge is -2.03. The lowest BCUT2D eigenvalue weighted by Crippen LogP contribution is -2.07. The van der Waals surface area contributed by atoms with Crippen LogP contribution in [0.2, 0.25) is 0 Å². The molecule has 1 rings (SSSR count). The third-order valence-electron chi connectivity index (χ3n) is 0.910. The molecule has 0 radical (unpaired) electrons. The van der Waals surface area contributed by atoms with Crippen LogP contribution in [0.25, 0.3) is 0 Å². The van der Waals surface area contributed by atoms with Crippen LogP contribution in [0.5, 0.6) is 0 Å². The smallest absolute Gasteiger partial charge is 0.119 e. The van der Waals surface area contributed by atoms with E-state index in [-0.39, 0.29) is 12.0 Å². The maximum atomic E-state index is 8.54. The van der Waals surface area contributed by atoms with Crippen LogP contribution in [-0.4, -0.2) is 26.7 Å². The zero-order chi connectivity index (χ0) is 6.69. The zero-order valence-electron chi connectivity index (χ0n) is 4.68. The monoisotopic (exact) mass is 145 g/mol. The Balaban J connectivity index is 2.65. The van der Waals surface area contributed by atoms with Gasteiger partial charge in [-0.3, -0.25) is 0 Å². The normalized spacial score (nSPS) is 13.6. The highest BCUT2D eigenvalue weighted by Crippen LogP contribution is 2.05. The van der Waals surface area contributed by atoms with Crippen molar-refractivity contribution in [1.82, 2.24) is 15.0 Å². The van der Waals surface area contributed by atoms with Crippen molar-refractivity contribution in [1.29, 1.82) is 0 Å². The van der Waals surface area contributed by atoms with Crippen LogP contribution in [0.4, 0.5) is 0 Å². The lowest BCUT2D eigenvalue weighted by atomic mass is 10.7. The Bertz CT molecular complexity index is 164. The summed E-state index contributed by atoms with van der Waals surface area (Å²) < 4.78 is 1.48. The fourth-order valence-electron chi connectivity index (χ4n) is 0.460. The Kier molecular flexibility index (Phi) is 2.07. The third kappa shape index (κ3) is 1.43. The lowest BCUT2D eigenvalue weighted by molar-refractivity contribution is 0.264. The van der Waals surface area contributed by atoms with E-state index in [9.17, 15) is 0 Å². The first-order valence-corrected chi connectivity index (χ1v) is 3.01. The molecule has 0 saturated heterocycles. The van der Waals surface area contributed by atoms with Crippen LogP contribution in [0.3, 0.4) is 0 Å². The number of hydrogen-bond acceptors (Lipinski definition) is 4. The van der Waals surface area contributed by atoms with Crippen molar-refractivity contribution in [3.05, 3.63) is 12.4 Å². The van der Waals surface area contributed by atoms with Gasteiger partial charge in [-0.05, 0) is 0 Å². The van der Waals surface area contributed by atoms with Crippen molar-refractivity contribution in [3.8, 4) is 0 Å². The van der Waals surface area contributed by atoms with Gasteiger partial charge in [0.1, 0.15) is 5.37 Å². The Morgan fingerprint density at radius 1 is 1.78 bits per heavy atom. The summed E-state index contributed by atoms with van der Waals surface area (Å²) in [6, 6.07) is 0. The second-order valence-electron chi connectivity index (χ2n) is 1.55. The van der Waals surface area contributed by atoms with Gasteiger partial charge in [0, 0.05) is 6.20 Å². The van der Waals surface area contributed by atoms with E-state index in [2.05, 4.69) is 22.9 Å². The second kappa shape index (κ2) is 2.84. The summed E-state index contributed by atoms with van der Waals surface area (Å²) in [5, 5.41) is 15.4. The summed E-state index contributed by atoms with van der Waals surface area (Å²) >= 11 is 4.00. The van der Waals surface area contributed by atoms with E-state index in [1.54, 1.807) is 12.4 Å². The molecule has 1 atom stereocenters. The number of aliphatic hydroxyl groups excluding tert-OH is 1. The molecule has 5 heteroatoms. The average Bonchev–Trinajstić information content (AvgIpc) is 2.37. The second-order valence-corrected chi connectivity index (χ2v) is 2.14. The van der Waals surface area contributed by atoms with Gasteiger partial charge in [0.15, 0.2) is 0 Å². The molecule has 1 aromatic rings. The number of aliphatic hydroxyl groups is 1. The van der Waals surface area contributed by atoms with Crippen LogP contribution < -0.4 is 0 Å². The molecule has 4 nitrogen and oxygen atoms in total. The van der Waals surface area contributed by atoms with E-state index < -0.39 is 0 Å². The fraction of sp³-hybridized carbons (Fsp3) is 0.500. The molecule has 0 bridgehead atoms. The van der Waals surface area contributed by atoms with Crippen LogP contribution in [0, 0.1) is 0 Å². The standard InChI is InChI=1S/C4H7N3OS/c8-3-4(9)7-2-1-5-6-7/h1-2,4,8-9H,3H2. The molecule has 0 saturated carbocycles. The molecule has 50 valence electrons. The molecule has 0 aliphatic rings. The van der Waals surface area contributed by atoms with E-state index in [4.69, 9.17) is 5.11 Å². The van der Waals surface area contributed by atoms with Gasteiger partial charge in [0.05, 0.1) is 12.8 Å². The summed E-state index contributed by atoms with van der Waals surface area (Å²) in [6.45, 7) is -0.0352. The van der Waals surface area contributed by atoms with Crippen molar-refractivity contribution in [3.63, 3.8) is 0 Å². The quantitative estimate of drug-likeness (QED) is 0.562. The van der Waals surface area contributed by atoms with E-state index in [0.29, 0.717) is 0 Å². The van der Waals surface area contributed by atoms with E-state index in [0.717, 1.165) is 0 Å². The third-order valence-corrected chi connectivity index (χ3v) is 1.31. The number of nitrogens with zero attached hydrogens (tertiary/aromatic N) is 3. The largest absolute Gasteiger partial charge is 0.393 e. The van der Waals surface area contributed by atoms with Crippen molar-refractivity contribution in [2.24, 2.45) is 0 Å². The molecule has 1 N–H and O–H groups in total. The van der Waals surface area contributed by atoms with Crippen LogP contribution in [-0.2, 0) is 0 Å².